The summed E-state index contributed by atoms with van der Waals surface area (Å²) in [6.45, 7) is 2.70. The first-order valence-corrected chi connectivity index (χ1v) is 9.84. The monoisotopic (exact) mass is 375 g/mol. The molecule has 0 aromatic heterocycles. The standard InChI is InChI=1S/C20H29N3O4/c1-2-23(13-19(24)25)15-11-14(12-15)21-20(26)22-17-9-5-6-10-18(17)27-16-7-3-4-8-16/h5-6,9-10,14-16H,2-4,7-8,11-13H2,1H3,(H,24,25)(H2,21,22,26). The van der Waals surface area contributed by atoms with Gasteiger partial charge in [0.15, 0.2) is 0 Å². The smallest absolute Gasteiger partial charge is 0.319 e. The first-order chi connectivity index (χ1) is 13.0. The molecule has 3 rings (SSSR count). The van der Waals surface area contributed by atoms with E-state index in [1.54, 1.807) is 0 Å². The lowest BCUT2D eigenvalue weighted by atomic mass is 9.85. The molecule has 2 aliphatic rings. The van der Waals surface area contributed by atoms with Gasteiger partial charge in [0.25, 0.3) is 0 Å². The lowest BCUT2D eigenvalue weighted by Gasteiger charge is -2.42. The fourth-order valence-corrected chi connectivity index (χ4v) is 3.88. The maximum atomic E-state index is 12.3. The second-order valence-corrected chi connectivity index (χ2v) is 7.40. The highest BCUT2D eigenvalue weighted by atomic mass is 16.5. The van der Waals surface area contributed by atoms with Crippen molar-refractivity contribution in [1.29, 1.82) is 0 Å². The molecule has 0 aliphatic heterocycles. The molecule has 2 aliphatic carbocycles. The number of anilines is 1. The summed E-state index contributed by atoms with van der Waals surface area (Å²) in [5.41, 5.74) is 0.679. The highest BCUT2D eigenvalue weighted by Crippen LogP contribution is 2.30. The number of carboxylic acids is 1. The number of hydrogen-bond donors (Lipinski definition) is 3. The number of ether oxygens (including phenoxy) is 1. The third kappa shape index (κ3) is 5.35. The van der Waals surface area contributed by atoms with Gasteiger partial charge in [-0.05, 0) is 57.2 Å². The average molecular weight is 375 g/mol. The lowest BCUT2D eigenvalue weighted by molar-refractivity contribution is -0.139. The lowest BCUT2D eigenvalue weighted by Crippen LogP contribution is -2.55. The first-order valence-electron chi connectivity index (χ1n) is 9.84. The van der Waals surface area contributed by atoms with E-state index in [1.165, 1.54) is 12.8 Å². The number of carbonyl (C=O) groups is 2. The number of nitrogens with zero attached hydrogens (tertiary/aromatic N) is 1. The van der Waals surface area contributed by atoms with Crippen molar-refractivity contribution in [3.05, 3.63) is 24.3 Å². The van der Waals surface area contributed by atoms with E-state index < -0.39 is 5.97 Å². The number of amides is 2. The summed E-state index contributed by atoms with van der Waals surface area (Å²) in [6.07, 6.45) is 6.30. The molecule has 0 radical (unpaired) electrons. The number of likely N-dealkylation sites (N-methyl/N-ethyl adjacent to an activating group) is 1. The van der Waals surface area contributed by atoms with Gasteiger partial charge >= 0.3 is 12.0 Å². The van der Waals surface area contributed by atoms with Crippen molar-refractivity contribution in [2.24, 2.45) is 0 Å². The number of rotatable bonds is 8. The number of aliphatic carboxylic acids is 1. The molecule has 148 valence electrons. The molecule has 0 spiro atoms. The Kier molecular flexibility index (Phi) is 6.55. The van der Waals surface area contributed by atoms with Gasteiger partial charge in [-0.2, -0.15) is 0 Å². The Hall–Kier alpha value is -2.28. The van der Waals surface area contributed by atoms with E-state index in [9.17, 15) is 9.59 Å². The molecule has 27 heavy (non-hydrogen) atoms. The minimum atomic E-state index is -0.815. The Morgan fingerprint density at radius 3 is 2.59 bits per heavy atom. The zero-order valence-corrected chi connectivity index (χ0v) is 15.8. The van der Waals surface area contributed by atoms with Gasteiger partial charge in [-0.25, -0.2) is 4.79 Å². The predicted molar refractivity (Wildman–Crippen MR) is 103 cm³/mol. The summed E-state index contributed by atoms with van der Waals surface area (Å²) >= 11 is 0. The van der Waals surface area contributed by atoms with Crippen LogP contribution in [0, 0.1) is 0 Å². The number of carboxylic acid groups (broad SMARTS) is 1. The summed E-state index contributed by atoms with van der Waals surface area (Å²) in [5, 5.41) is 14.8. The summed E-state index contributed by atoms with van der Waals surface area (Å²) in [6, 6.07) is 7.56. The van der Waals surface area contributed by atoms with Crippen molar-refractivity contribution in [3.8, 4) is 5.75 Å². The second-order valence-electron chi connectivity index (χ2n) is 7.40. The molecular formula is C20H29N3O4. The Labute approximate surface area is 160 Å². The number of carbonyl (C=O) groups excluding carboxylic acids is 1. The van der Waals surface area contributed by atoms with E-state index in [2.05, 4.69) is 10.6 Å². The van der Waals surface area contributed by atoms with Crippen LogP contribution in [-0.2, 0) is 4.79 Å². The van der Waals surface area contributed by atoms with Gasteiger partial charge in [0.05, 0.1) is 18.3 Å². The first kappa shape index (κ1) is 19.5. The minimum absolute atomic E-state index is 0.0476. The quantitative estimate of drug-likeness (QED) is 0.650. The van der Waals surface area contributed by atoms with Gasteiger partial charge in [0, 0.05) is 12.1 Å². The van der Waals surface area contributed by atoms with Crippen LogP contribution in [-0.4, -0.2) is 53.3 Å². The van der Waals surface area contributed by atoms with Gasteiger partial charge < -0.3 is 20.5 Å². The molecule has 0 heterocycles. The fourth-order valence-electron chi connectivity index (χ4n) is 3.88. The van der Waals surface area contributed by atoms with Gasteiger partial charge in [0.1, 0.15) is 5.75 Å². The molecule has 7 nitrogen and oxygen atoms in total. The third-order valence-corrected chi connectivity index (χ3v) is 5.44. The normalized spacial score (nSPS) is 22.3. The second kappa shape index (κ2) is 9.08. The fraction of sp³-hybridized carbons (Fsp3) is 0.600. The highest BCUT2D eigenvalue weighted by Gasteiger charge is 2.34. The van der Waals surface area contributed by atoms with E-state index in [1.807, 2.05) is 36.1 Å². The van der Waals surface area contributed by atoms with Crippen LogP contribution in [0.15, 0.2) is 24.3 Å². The van der Waals surface area contributed by atoms with Crippen molar-refractivity contribution in [1.82, 2.24) is 10.2 Å². The molecule has 2 fully saturated rings. The van der Waals surface area contributed by atoms with Crippen molar-refractivity contribution >= 4 is 17.7 Å². The molecule has 1 aromatic carbocycles. The number of para-hydroxylation sites is 2. The minimum Gasteiger partial charge on any atom is -0.488 e. The van der Waals surface area contributed by atoms with Gasteiger partial charge in [-0.3, -0.25) is 9.69 Å². The Balaban J connectivity index is 1.47. The molecule has 2 amide bonds. The highest BCUT2D eigenvalue weighted by molar-refractivity contribution is 5.91. The largest absolute Gasteiger partial charge is 0.488 e. The van der Waals surface area contributed by atoms with Gasteiger partial charge in [0.2, 0.25) is 0 Å². The van der Waals surface area contributed by atoms with Gasteiger partial charge in [-0.15, -0.1) is 0 Å². The van der Waals surface area contributed by atoms with E-state index in [4.69, 9.17) is 9.84 Å². The Bertz CT molecular complexity index is 654. The molecule has 7 heteroatoms. The number of urea groups is 1. The maximum Gasteiger partial charge on any atom is 0.319 e. The Morgan fingerprint density at radius 2 is 1.93 bits per heavy atom. The number of nitrogens with one attached hydrogen (secondary N) is 2. The van der Waals surface area contributed by atoms with Crippen LogP contribution in [0.3, 0.4) is 0 Å². The number of hydrogen-bond acceptors (Lipinski definition) is 4. The summed E-state index contributed by atoms with van der Waals surface area (Å²) in [4.78, 5) is 25.2. The summed E-state index contributed by atoms with van der Waals surface area (Å²) in [7, 11) is 0. The molecule has 0 unspecified atom stereocenters. The van der Waals surface area contributed by atoms with E-state index >= 15 is 0 Å². The molecule has 0 bridgehead atoms. The zero-order chi connectivity index (χ0) is 19.2. The molecule has 3 N–H and O–H groups in total. The van der Waals surface area contributed by atoms with Crippen LogP contribution in [0.1, 0.15) is 45.4 Å². The summed E-state index contributed by atoms with van der Waals surface area (Å²) < 4.78 is 6.05. The molecule has 1 aromatic rings. The average Bonchev–Trinajstić information content (AvgIpc) is 3.10. The molecule has 0 atom stereocenters. The van der Waals surface area contributed by atoms with Crippen LogP contribution in [0.2, 0.25) is 0 Å². The zero-order valence-electron chi connectivity index (χ0n) is 15.8. The topological polar surface area (TPSA) is 90.9 Å². The third-order valence-electron chi connectivity index (χ3n) is 5.44. The van der Waals surface area contributed by atoms with Crippen molar-refractivity contribution in [2.45, 2.75) is 63.6 Å². The van der Waals surface area contributed by atoms with E-state index in [0.717, 1.165) is 25.7 Å². The number of benzene rings is 1. The van der Waals surface area contributed by atoms with E-state index in [-0.39, 0.29) is 30.8 Å². The van der Waals surface area contributed by atoms with E-state index in [0.29, 0.717) is 18.0 Å². The summed E-state index contributed by atoms with van der Waals surface area (Å²) in [5.74, 6) is -0.102. The van der Waals surface area contributed by atoms with Crippen LogP contribution in [0.4, 0.5) is 10.5 Å². The van der Waals surface area contributed by atoms with Crippen molar-refractivity contribution in [3.63, 3.8) is 0 Å². The maximum absolute atomic E-state index is 12.3. The Morgan fingerprint density at radius 1 is 1.22 bits per heavy atom. The van der Waals surface area contributed by atoms with Crippen molar-refractivity contribution in [2.75, 3.05) is 18.4 Å². The van der Waals surface area contributed by atoms with Crippen molar-refractivity contribution < 1.29 is 19.4 Å². The molecular weight excluding hydrogens is 346 g/mol. The molecule has 2 saturated carbocycles. The van der Waals surface area contributed by atoms with Crippen LogP contribution >= 0.6 is 0 Å². The van der Waals surface area contributed by atoms with Crippen LogP contribution in [0.5, 0.6) is 5.75 Å². The predicted octanol–water partition coefficient (Wildman–Crippen LogP) is 3.07. The van der Waals surface area contributed by atoms with Crippen LogP contribution < -0.4 is 15.4 Å². The van der Waals surface area contributed by atoms with Gasteiger partial charge in [-0.1, -0.05) is 19.1 Å². The SMILES string of the molecule is CCN(CC(=O)O)C1CC(NC(=O)Nc2ccccc2OC2CCCC2)C1. The molecule has 0 saturated heterocycles. The van der Waals surface area contributed by atoms with Crippen LogP contribution in [0.25, 0.3) is 0 Å².